The number of aromatic hydroxyl groups is 1. The Labute approximate surface area is 129 Å². The van der Waals surface area contributed by atoms with Crippen molar-refractivity contribution in [2.45, 2.75) is 0 Å². The van der Waals surface area contributed by atoms with E-state index in [0.717, 1.165) is 17.5 Å². The Morgan fingerprint density at radius 3 is 2.22 bits per heavy atom. The average molecular weight is 310 g/mol. The third kappa shape index (κ3) is 2.44. The van der Waals surface area contributed by atoms with Crippen molar-refractivity contribution in [3.05, 3.63) is 74.8 Å². The second-order valence-electron chi connectivity index (χ2n) is 4.90. The molecule has 0 aromatic heterocycles. The second-order valence-corrected chi connectivity index (χ2v) is 4.90. The molecule has 0 heterocycles. The molecule has 0 saturated carbocycles. The Balaban J connectivity index is 2.41. The van der Waals surface area contributed by atoms with E-state index in [0.29, 0.717) is 10.9 Å². The van der Waals surface area contributed by atoms with Gasteiger partial charge in [0.25, 0.3) is 5.69 Å². The molecule has 1 N–H and O–H groups in total. The van der Waals surface area contributed by atoms with E-state index in [1.165, 1.54) is 0 Å². The number of nitro benzene ring substituents is 2. The highest BCUT2D eigenvalue weighted by Gasteiger charge is 2.26. The van der Waals surface area contributed by atoms with Gasteiger partial charge in [-0.1, -0.05) is 42.5 Å². The zero-order valence-electron chi connectivity index (χ0n) is 11.7. The normalized spacial score (nSPS) is 10.6. The van der Waals surface area contributed by atoms with Gasteiger partial charge in [-0.25, -0.2) is 0 Å². The smallest absolute Gasteiger partial charge is 0.318 e. The van der Waals surface area contributed by atoms with Crippen LogP contribution in [0.25, 0.3) is 21.9 Å². The lowest BCUT2D eigenvalue weighted by Crippen LogP contribution is -1.96. The highest BCUT2D eigenvalue weighted by molar-refractivity contribution is 5.99. The first-order chi connectivity index (χ1) is 11.0. The van der Waals surface area contributed by atoms with Crippen LogP contribution in [0.4, 0.5) is 11.4 Å². The minimum atomic E-state index is -0.740. The number of rotatable bonds is 3. The predicted molar refractivity (Wildman–Crippen MR) is 84.4 cm³/mol. The topological polar surface area (TPSA) is 107 Å². The van der Waals surface area contributed by atoms with Crippen molar-refractivity contribution in [1.82, 2.24) is 0 Å². The van der Waals surface area contributed by atoms with Crippen molar-refractivity contribution in [1.29, 1.82) is 0 Å². The molecule has 0 aliphatic carbocycles. The molecule has 0 unspecified atom stereocenters. The minimum absolute atomic E-state index is 0.0125. The molecule has 0 aliphatic heterocycles. The van der Waals surface area contributed by atoms with Gasteiger partial charge in [0.05, 0.1) is 21.5 Å². The maximum atomic E-state index is 11.3. The first-order valence-corrected chi connectivity index (χ1v) is 6.63. The number of fused-ring (bicyclic) bond motifs is 1. The van der Waals surface area contributed by atoms with Crippen LogP contribution in [0.1, 0.15) is 0 Å². The first kappa shape index (κ1) is 14.5. The molecule has 7 heteroatoms. The van der Waals surface area contributed by atoms with Gasteiger partial charge in [0.15, 0.2) is 0 Å². The lowest BCUT2D eigenvalue weighted by atomic mass is 9.96. The summed E-state index contributed by atoms with van der Waals surface area (Å²) in [7, 11) is 0. The molecular formula is C16H10N2O5. The summed E-state index contributed by atoms with van der Waals surface area (Å²) < 4.78 is 0. The molecule has 0 saturated heterocycles. The number of nitrogens with zero attached hydrogens (tertiary/aromatic N) is 2. The van der Waals surface area contributed by atoms with E-state index in [1.54, 1.807) is 24.3 Å². The molecular weight excluding hydrogens is 300 g/mol. The Morgan fingerprint density at radius 1 is 0.826 bits per heavy atom. The van der Waals surface area contributed by atoms with Crippen molar-refractivity contribution in [3.8, 4) is 16.9 Å². The Kier molecular flexibility index (Phi) is 3.38. The van der Waals surface area contributed by atoms with E-state index in [-0.39, 0.29) is 5.56 Å². The van der Waals surface area contributed by atoms with Gasteiger partial charge >= 0.3 is 5.69 Å². The highest BCUT2D eigenvalue weighted by atomic mass is 16.6. The predicted octanol–water partition coefficient (Wildman–Crippen LogP) is 4.03. The summed E-state index contributed by atoms with van der Waals surface area (Å²) in [6, 6.07) is 14.3. The number of nitro groups is 2. The van der Waals surface area contributed by atoms with Crippen LogP contribution in [0.3, 0.4) is 0 Å². The minimum Gasteiger partial charge on any atom is -0.502 e. The SMILES string of the molecule is O=[N+]([O-])c1cc(O)c([N+](=O)[O-])c(-c2cccc3ccccc23)c1. The van der Waals surface area contributed by atoms with Crippen LogP contribution in [-0.4, -0.2) is 15.0 Å². The molecule has 114 valence electrons. The summed E-state index contributed by atoms with van der Waals surface area (Å²) >= 11 is 0. The molecule has 0 spiro atoms. The standard InChI is InChI=1S/C16H10N2O5/c19-15-9-11(17(20)21)8-14(16(15)18(22)23)13-7-3-5-10-4-1-2-6-12(10)13/h1-9,19H. The molecule has 3 rings (SSSR count). The van der Waals surface area contributed by atoms with Crippen LogP contribution in [-0.2, 0) is 0 Å². The maximum Gasteiger partial charge on any atom is 0.318 e. The number of phenols is 1. The molecule has 0 radical (unpaired) electrons. The molecule has 0 aliphatic rings. The van der Waals surface area contributed by atoms with Gasteiger partial charge in [-0.15, -0.1) is 0 Å². The molecule has 7 nitrogen and oxygen atoms in total. The van der Waals surface area contributed by atoms with Crippen molar-refractivity contribution < 1.29 is 15.0 Å². The quantitative estimate of drug-likeness (QED) is 0.580. The van der Waals surface area contributed by atoms with Crippen molar-refractivity contribution >= 4 is 22.1 Å². The van der Waals surface area contributed by atoms with E-state index < -0.39 is 27.0 Å². The third-order valence-corrected chi connectivity index (χ3v) is 3.55. The molecule has 23 heavy (non-hydrogen) atoms. The van der Waals surface area contributed by atoms with Crippen molar-refractivity contribution in [2.75, 3.05) is 0 Å². The zero-order chi connectivity index (χ0) is 16.6. The van der Waals surface area contributed by atoms with Gasteiger partial charge in [-0.3, -0.25) is 20.2 Å². The molecule has 3 aromatic carbocycles. The summed E-state index contributed by atoms with van der Waals surface area (Å²) in [5.41, 5.74) is -0.490. The van der Waals surface area contributed by atoms with Gasteiger partial charge in [0.2, 0.25) is 5.75 Å². The Hall–Kier alpha value is -3.48. The summed E-state index contributed by atoms with van der Waals surface area (Å²) in [5.74, 6) is -0.730. The van der Waals surface area contributed by atoms with Crippen LogP contribution in [0.2, 0.25) is 0 Å². The maximum absolute atomic E-state index is 11.3. The van der Waals surface area contributed by atoms with Crippen LogP contribution in [0.5, 0.6) is 5.75 Å². The summed E-state index contributed by atoms with van der Waals surface area (Å²) in [6.45, 7) is 0. The largest absolute Gasteiger partial charge is 0.502 e. The van der Waals surface area contributed by atoms with E-state index in [1.807, 2.05) is 18.2 Å². The number of hydrogen-bond acceptors (Lipinski definition) is 5. The van der Waals surface area contributed by atoms with Crippen LogP contribution in [0, 0.1) is 20.2 Å². The number of non-ortho nitro benzene ring substituents is 1. The van der Waals surface area contributed by atoms with E-state index in [2.05, 4.69) is 0 Å². The van der Waals surface area contributed by atoms with Gasteiger partial charge in [-0.05, 0) is 16.3 Å². The Morgan fingerprint density at radius 2 is 1.52 bits per heavy atom. The lowest BCUT2D eigenvalue weighted by molar-refractivity contribution is -0.389. The van der Waals surface area contributed by atoms with Crippen molar-refractivity contribution in [3.63, 3.8) is 0 Å². The van der Waals surface area contributed by atoms with Gasteiger partial charge in [0.1, 0.15) is 0 Å². The van der Waals surface area contributed by atoms with E-state index >= 15 is 0 Å². The van der Waals surface area contributed by atoms with Crippen molar-refractivity contribution in [2.24, 2.45) is 0 Å². The monoisotopic (exact) mass is 310 g/mol. The van der Waals surface area contributed by atoms with Gasteiger partial charge in [-0.2, -0.15) is 0 Å². The zero-order valence-corrected chi connectivity index (χ0v) is 11.7. The fourth-order valence-electron chi connectivity index (χ4n) is 2.57. The third-order valence-electron chi connectivity index (χ3n) is 3.55. The number of hydrogen-bond donors (Lipinski definition) is 1. The second kappa shape index (κ2) is 5.38. The van der Waals surface area contributed by atoms with Crippen LogP contribution < -0.4 is 0 Å². The fraction of sp³-hybridized carbons (Fsp3) is 0. The Bertz CT molecular complexity index is 947. The average Bonchev–Trinajstić information content (AvgIpc) is 2.53. The molecule has 3 aromatic rings. The number of benzene rings is 3. The molecule has 0 fully saturated rings. The molecule has 0 bridgehead atoms. The molecule has 0 amide bonds. The van der Waals surface area contributed by atoms with Gasteiger partial charge in [0, 0.05) is 6.07 Å². The van der Waals surface area contributed by atoms with Crippen LogP contribution in [0.15, 0.2) is 54.6 Å². The van der Waals surface area contributed by atoms with Gasteiger partial charge < -0.3 is 5.11 Å². The van der Waals surface area contributed by atoms with E-state index in [9.17, 15) is 25.3 Å². The van der Waals surface area contributed by atoms with Crippen LogP contribution >= 0.6 is 0 Å². The first-order valence-electron chi connectivity index (χ1n) is 6.63. The summed E-state index contributed by atoms with van der Waals surface area (Å²) in [6.07, 6.45) is 0. The summed E-state index contributed by atoms with van der Waals surface area (Å²) in [5, 5.41) is 33.7. The number of phenolic OH excluding ortho intramolecular Hbond substituents is 1. The molecule has 0 atom stereocenters. The lowest BCUT2D eigenvalue weighted by Gasteiger charge is -2.08. The summed E-state index contributed by atoms with van der Waals surface area (Å²) in [4.78, 5) is 20.9. The fourth-order valence-corrected chi connectivity index (χ4v) is 2.57. The van der Waals surface area contributed by atoms with E-state index in [4.69, 9.17) is 0 Å². The highest BCUT2D eigenvalue weighted by Crippen LogP contribution is 2.42.